The summed E-state index contributed by atoms with van der Waals surface area (Å²) in [6.07, 6.45) is 5.07. The number of oxazole rings is 1. The molecule has 0 atom stereocenters. The molecule has 0 bridgehead atoms. The lowest BCUT2D eigenvalue weighted by Gasteiger charge is -2.03. The van der Waals surface area contributed by atoms with Crippen molar-refractivity contribution in [3.63, 3.8) is 0 Å². The molecular weight excluding hydrogens is 296 g/mol. The Morgan fingerprint density at radius 1 is 1.35 bits per heavy atom. The summed E-state index contributed by atoms with van der Waals surface area (Å²) in [6.45, 7) is 3.81. The van der Waals surface area contributed by atoms with Crippen molar-refractivity contribution < 1.29 is 9.21 Å². The largest absolute Gasteiger partial charge is 0.440 e. The van der Waals surface area contributed by atoms with Crippen LogP contribution in [0.3, 0.4) is 0 Å². The van der Waals surface area contributed by atoms with E-state index >= 15 is 0 Å². The maximum absolute atomic E-state index is 12.3. The Morgan fingerprint density at radius 2 is 2.17 bits per heavy atom. The first-order valence-corrected chi connectivity index (χ1v) is 7.06. The second-order valence-corrected chi connectivity index (χ2v) is 5.10. The van der Waals surface area contributed by atoms with Crippen LogP contribution in [0.4, 0.5) is 0 Å². The second-order valence-electron chi connectivity index (χ2n) is 5.10. The van der Waals surface area contributed by atoms with E-state index in [1.54, 1.807) is 50.2 Å². The standard InChI is InChI=1S/C15H16N6O2/c1-9-13(20-15(23-9)11-6-18-21(3)8-11)14(22)17-7-12-4-5-16-10(2)19-12/h4-6,8H,7H2,1-3H3,(H,17,22). The van der Waals surface area contributed by atoms with Gasteiger partial charge in [0.2, 0.25) is 5.89 Å². The van der Waals surface area contributed by atoms with E-state index in [4.69, 9.17) is 4.42 Å². The maximum atomic E-state index is 12.3. The smallest absolute Gasteiger partial charge is 0.273 e. The molecule has 23 heavy (non-hydrogen) atoms. The number of rotatable bonds is 4. The van der Waals surface area contributed by atoms with Crippen molar-refractivity contribution in [2.24, 2.45) is 7.05 Å². The predicted molar refractivity (Wildman–Crippen MR) is 81.4 cm³/mol. The van der Waals surface area contributed by atoms with Gasteiger partial charge in [-0.05, 0) is 19.9 Å². The van der Waals surface area contributed by atoms with Crippen LogP contribution < -0.4 is 5.32 Å². The van der Waals surface area contributed by atoms with Crippen LogP contribution in [0.2, 0.25) is 0 Å². The summed E-state index contributed by atoms with van der Waals surface area (Å²) in [6, 6.07) is 1.75. The van der Waals surface area contributed by atoms with Gasteiger partial charge in [0.1, 0.15) is 11.6 Å². The molecule has 0 aliphatic heterocycles. The highest BCUT2D eigenvalue weighted by Crippen LogP contribution is 2.20. The predicted octanol–water partition coefficient (Wildman–Crippen LogP) is 1.41. The van der Waals surface area contributed by atoms with Gasteiger partial charge < -0.3 is 9.73 Å². The average molecular weight is 312 g/mol. The van der Waals surface area contributed by atoms with E-state index in [1.807, 2.05) is 0 Å². The van der Waals surface area contributed by atoms with E-state index in [9.17, 15) is 4.79 Å². The molecule has 0 saturated carbocycles. The van der Waals surface area contributed by atoms with Gasteiger partial charge in [-0.25, -0.2) is 15.0 Å². The highest BCUT2D eigenvalue weighted by Gasteiger charge is 2.18. The number of nitrogens with zero attached hydrogens (tertiary/aromatic N) is 5. The van der Waals surface area contributed by atoms with E-state index < -0.39 is 0 Å². The Labute approximate surface area is 132 Å². The zero-order valence-electron chi connectivity index (χ0n) is 13.1. The van der Waals surface area contributed by atoms with Crippen molar-refractivity contribution in [3.05, 3.63) is 47.6 Å². The summed E-state index contributed by atoms with van der Waals surface area (Å²) in [5.41, 5.74) is 1.72. The van der Waals surface area contributed by atoms with Crippen LogP contribution in [-0.2, 0) is 13.6 Å². The fourth-order valence-electron chi connectivity index (χ4n) is 2.12. The topological polar surface area (TPSA) is 98.7 Å². The summed E-state index contributed by atoms with van der Waals surface area (Å²) in [5, 5.41) is 6.84. The van der Waals surface area contributed by atoms with Crippen LogP contribution in [0.5, 0.6) is 0 Å². The van der Waals surface area contributed by atoms with Gasteiger partial charge in [0, 0.05) is 19.4 Å². The lowest BCUT2D eigenvalue weighted by atomic mass is 10.3. The van der Waals surface area contributed by atoms with Crippen LogP contribution >= 0.6 is 0 Å². The summed E-state index contributed by atoms with van der Waals surface area (Å²) in [4.78, 5) is 24.8. The molecule has 8 heteroatoms. The summed E-state index contributed by atoms with van der Waals surface area (Å²) in [7, 11) is 1.80. The molecule has 0 unspecified atom stereocenters. The summed E-state index contributed by atoms with van der Waals surface area (Å²) < 4.78 is 7.20. The van der Waals surface area contributed by atoms with Crippen LogP contribution in [0.15, 0.2) is 29.1 Å². The van der Waals surface area contributed by atoms with Gasteiger partial charge in [-0.1, -0.05) is 0 Å². The van der Waals surface area contributed by atoms with Gasteiger partial charge in [-0.15, -0.1) is 0 Å². The molecule has 1 N–H and O–H groups in total. The van der Waals surface area contributed by atoms with E-state index in [0.717, 1.165) is 11.3 Å². The number of hydrogen-bond acceptors (Lipinski definition) is 6. The van der Waals surface area contributed by atoms with Gasteiger partial charge >= 0.3 is 0 Å². The van der Waals surface area contributed by atoms with E-state index in [2.05, 4.69) is 25.4 Å². The summed E-state index contributed by atoms with van der Waals surface area (Å²) >= 11 is 0. The molecule has 0 aromatic carbocycles. The summed E-state index contributed by atoms with van der Waals surface area (Å²) in [5.74, 6) is 1.18. The van der Waals surface area contributed by atoms with Gasteiger partial charge in [-0.3, -0.25) is 9.48 Å². The van der Waals surface area contributed by atoms with Gasteiger partial charge in [0.15, 0.2) is 5.69 Å². The number of carbonyl (C=O) groups is 1. The molecule has 3 heterocycles. The van der Waals surface area contributed by atoms with Gasteiger partial charge in [0.05, 0.1) is 24.0 Å². The fraction of sp³-hybridized carbons (Fsp3) is 0.267. The van der Waals surface area contributed by atoms with E-state index in [1.165, 1.54) is 0 Å². The van der Waals surface area contributed by atoms with Crippen molar-refractivity contribution in [1.29, 1.82) is 0 Å². The lowest BCUT2D eigenvalue weighted by Crippen LogP contribution is -2.24. The van der Waals surface area contributed by atoms with Crippen molar-refractivity contribution in [2.75, 3.05) is 0 Å². The molecule has 0 spiro atoms. The third-order valence-corrected chi connectivity index (χ3v) is 3.23. The fourth-order valence-corrected chi connectivity index (χ4v) is 2.12. The number of aromatic nitrogens is 5. The number of hydrogen-bond donors (Lipinski definition) is 1. The molecule has 0 aliphatic carbocycles. The lowest BCUT2D eigenvalue weighted by molar-refractivity contribution is 0.0944. The molecule has 0 fully saturated rings. The third kappa shape index (κ3) is 3.25. The molecule has 3 aromatic rings. The first kappa shape index (κ1) is 14.9. The van der Waals surface area contributed by atoms with Gasteiger partial charge in [-0.2, -0.15) is 5.10 Å². The number of aryl methyl sites for hydroxylation is 3. The molecule has 0 aliphatic rings. The molecule has 3 rings (SSSR count). The molecule has 0 saturated heterocycles. The molecule has 118 valence electrons. The zero-order chi connectivity index (χ0) is 16.4. The molecule has 3 aromatic heterocycles. The van der Waals surface area contributed by atoms with E-state index in [0.29, 0.717) is 24.0 Å². The first-order chi connectivity index (χ1) is 11.0. The highest BCUT2D eigenvalue weighted by molar-refractivity contribution is 5.93. The Balaban J connectivity index is 1.73. The molecular formula is C15H16N6O2. The Hall–Kier alpha value is -3.03. The molecule has 1 amide bonds. The average Bonchev–Trinajstić information content (AvgIpc) is 3.11. The Kier molecular flexibility index (Phi) is 3.88. The van der Waals surface area contributed by atoms with Crippen LogP contribution in [0.1, 0.15) is 27.8 Å². The van der Waals surface area contributed by atoms with E-state index in [-0.39, 0.29) is 11.6 Å². The highest BCUT2D eigenvalue weighted by atomic mass is 16.4. The monoisotopic (exact) mass is 312 g/mol. The minimum Gasteiger partial charge on any atom is -0.440 e. The minimum absolute atomic E-state index is 0.259. The number of amides is 1. The Morgan fingerprint density at radius 3 is 2.87 bits per heavy atom. The first-order valence-electron chi connectivity index (χ1n) is 7.06. The van der Waals surface area contributed by atoms with Crippen LogP contribution in [0.25, 0.3) is 11.5 Å². The third-order valence-electron chi connectivity index (χ3n) is 3.23. The molecule has 8 nitrogen and oxygen atoms in total. The minimum atomic E-state index is -0.308. The van der Waals surface area contributed by atoms with Crippen molar-refractivity contribution in [1.82, 2.24) is 30.0 Å². The van der Waals surface area contributed by atoms with Crippen molar-refractivity contribution >= 4 is 5.91 Å². The van der Waals surface area contributed by atoms with Crippen molar-refractivity contribution in [2.45, 2.75) is 20.4 Å². The normalized spacial score (nSPS) is 10.7. The molecule has 0 radical (unpaired) electrons. The van der Waals surface area contributed by atoms with Crippen LogP contribution in [0, 0.1) is 13.8 Å². The quantitative estimate of drug-likeness (QED) is 0.782. The number of carbonyl (C=O) groups excluding carboxylic acids is 1. The van der Waals surface area contributed by atoms with Gasteiger partial charge in [0.25, 0.3) is 5.91 Å². The SMILES string of the molecule is Cc1nccc(CNC(=O)c2nc(-c3cnn(C)c3)oc2C)n1. The second kappa shape index (κ2) is 5.99. The zero-order valence-corrected chi connectivity index (χ0v) is 13.1. The van der Waals surface area contributed by atoms with Crippen LogP contribution in [-0.4, -0.2) is 30.6 Å². The Bertz CT molecular complexity index is 851. The number of nitrogens with one attached hydrogen (secondary N) is 1. The maximum Gasteiger partial charge on any atom is 0.273 e. The van der Waals surface area contributed by atoms with Crippen molar-refractivity contribution in [3.8, 4) is 11.5 Å².